The second-order valence-corrected chi connectivity index (χ2v) is 14.0. The molecule has 1 aromatic carbocycles. The zero-order valence-corrected chi connectivity index (χ0v) is 25.9. The number of aliphatic hydroxyl groups excluding tert-OH is 1. The number of carbonyl (C=O) groups excluding carboxylic acids is 2. The summed E-state index contributed by atoms with van der Waals surface area (Å²) in [6.07, 6.45) is 5.64. The van der Waals surface area contributed by atoms with E-state index in [-0.39, 0.29) is 40.5 Å². The molecule has 42 heavy (non-hydrogen) atoms. The smallest absolute Gasteiger partial charge is 0.316 e. The van der Waals surface area contributed by atoms with Crippen LogP contribution in [0.2, 0.25) is 0 Å². The quantitative estimate of drug-likeness (QED) is 0.195. The largest absolute Gasteiger partial charge is 0.508 e. The van der Waals surface area contributed by atoms with E-state index in [2.05, 4.69) is 42.6 Å². The minimum Gasteiger partial charge on any atom is -0.508 e. The molecule has 1 heterocycles. The Morgan fingerprint density at radius 2 is 1.95 bits per heavy atom. The van der Waals surface area contributed by atoms with E-state index in [0.717, 1.165) is 24.8 Å². The van der Waals surface area contributed by atoms with E-state index >= 15 is 0 Å². The van der Waals surface area contributed by atoms with E-state index in [1.165, 1.54) is 11.8 Å². The van der Waals surface area contributed by atoms with Gasteiger partial charge in [-0.3, -0.25) is 9.59 Å². The average Bonchev–Trinajstić information content (AvgIpc) is 3.51. The van der Waals surface area contributed by atoms with Gasteiger partial charge in [0.1, 0.15) is 17.6 Å². The summed E-state index contributed by atoms with van der Waals surface area (Å²) in [4.78, 5) is 27.1. The number of aromatic nitrogens is 3. The highest BCUT2D eigenvalue weighted by Gasteiger charge is 2.68. The number of Topliss-reactive ketones (excluding diaryl/α,β-unsaturated/α-hetero) is 1. The number of ketones is 1. The van der Waals surface area contributed by atoms with Crippen molar-refractivity contribution < 1.29 is 24.5 Å². The van der Waals surface area contributed by atoms with Crippen molar-refractivity contribution in [1.82, 2.24) is 14.9 Å². The predicted molar refractivity (Wildman–Crippen MR) is 161 cm³/mol. The summed E-state index contributed by atoms with van der Waals surface area (Å²) in [5.74, 6) is 0.362. The fourth-order valence-corrected chi connectivity index (χ4v) is 8.78. The van der Waals surface area contributed by atoms with E-state index in [9.17, 15) is 19.8 Å². The van der Waals surface area contributed by atoms with Crippen LogP contribution in [0, 0.1) is 40.9 Å². The van der Waals surface area contributed by atoms with Crippen LogP contribution < -0.4 is 0 Å². The SMILES string of the molecule is C=C[C@]1(C)C[C@@H](OC(=O)CSc2nnc(C)n2/N=C/c2ccc(O)cc2)[C@]2(C)[C@H](C)CC[C@]3(CCC(=O)[C@H]32)[C@@H](C)[C@@H]1O. The molecule has 3 aliphatic rings. The van der Waals surface area contributed by atoms with Crippen molar-refractivity contribution in [2.45, 2.75) is 84.1 Å². The number of phenols is 1. The van der Waals surface area contributed by atoms with Crippen LogP contribution in [-0.4, -0.2) is 61.0 Å². The van der Waals surface area contributed by atoms with Crippen LogP contribution in [0.5, 0.6) is 5.75 Å². The van der Waals surface area contributed by atoms with E-state index in [1.807, 2.05) is 6.92 Å². The molecular formula is C32H42N4O5S. The third-order valence-electron chi connectivity index (χ3n) is 10.9. The van der Waals surface area contributed by atoms with Crippen LogP contribution in [0.4, 0.5) is 0 Å². The summed E-state index contributed by atoms with van der Waals surface area (Å²) in [6.45, 7) is 14.3. The number of phenolic OH excluding ortho intramolecular Hbond substituents is 1. The highest BCUT2D eigenvalue weighted by molar-refractivity contribution is 7.99. The number of thioether (sulfide) groups is 1. The van der Waals surface area contributed by atoms with Gasteiger partial charge in [-0.15, -0.1) is 16.8 Å². The van der Waals surface area contributed by atoms with Crippen LogP contribution >= 0.6 is 11.8 Å². The predicted octanol–water partition coefficient (Wildman–Crippen LogP) is 5.17. The summed E-state index contributed by atoms with van der Waals surface area (Å²) in [7, 11) is 0. The molecule has 3 aliphatic carbocycles. The van der Waals surface area contributed by atoms with Crippen molar-refractivity contribution in [3.63, 3.8) is 0 Å². The molecule has 0 aliphatic heterocycles. The number of nitrogens with zero attached hydrogens (tertiary/aromatic N) is 4. The Kier molecular flexibility index (Phi) is 8.17. The number of esters is 1. The minimum atomic E-state index is -0.704. The van der Waals surface area contributed by atoms with Crippen LogP contribution in [-0.2, 0) is 14.3 Å². The van der Waals surface area contributed by atoms with Crippen molar-refractivity contribution in [3.05, 3.63) is 48.3 Å². The molecule has 0 radical (unpaired) electrons. The van der Waals surface area contributed by atoms with Crippen LogP contribution in [0.3, 0.4) is 0 Å². The molecule has 0 spiro atoms. The fourth-order valence-electron chi connectivity index (χ4n) is 8.06. The maximum Gasteiger partial charge on any atom is 0.316 e. The van der Waals surface area contributed by atoms with E-state index in [0.29, 0.717) is 23.8 Å². The number of rotatable bonds is 7. The molecule has 2 bridgehead atoms. The summed E-state index contributed by atoms with van der Waals surface area (Å²) < 4.78 is 7.90. The van der Waals surface area contributed by atoms with Gasteiger partial charge in [0.05, 0.1) is 18.1 Å². The van der Waals surface area contributed by atoms with Crippen LogP contribution in [0.25, 0.3) is 0 Å². The highest BCUT2D eigenvalue weighted by Crippen LogP contribution is 2.68. The van der Waals surface area contributed by atoms with Gasteiger partial charge in [-0.2, -0.15) is 9.78 Å². The molecule has 3 saturated carbocycles. The molecule has 10 heteroatoms. The number of carbonyl (C=O) groups is 2. The molecule has 5 rings (SSSR count). The molecule has 3 fully saturated rings. The van der Waals surface area contributed by atoms with Gasteiger partial charge < -0.3 is 14.9 Å². The first-order valence-corrected chi connectivity index (χ1v) is 15.8. The Morgan fingerprint density at radius 1 is 1.24 bits per heavy atom. The van der Waals surface area contributed by atoms with Crippen LogP contribution in [0.15, 0.2) is 47.2 Å². The molecule has 1 aromatic heterocycles. The Balaban J connectivity index is 1.39. The first-order valence-electron chi connectivity index (χ1n) is 14.8. The van der Waals surface area contributed by atoms with Crippen molar-refractivity contribution in [2.24, 2.45) is 39.1 Å². The number of aromatic hydroxyl groups is 1. The standard InChI is InChI=1S/C32H42N4O5S/c1-7-30(5)16-25(31(6)19(2)12-14-32(20(3)28(30)40)15-13-24(38)27(31)32)41-26(39)18-42-29-35-34-21(4)36(29)33-17-22-8-10-23(37)11-9-22/h7-11,17,19-20,25,27-28,37,40H,1,12-16,18H2,2-6H3/b33-17+/t19-,20+,25-,27+,28+,30-,31+,32+/m1/s1. The molecule has 0 unspecified atom stereocenters. The summed E-state index contributed by atoms with van der Waals surface area (Å²) in [5, 5.41) is 34.5. The van der Waals surface area contributed by atoms with E-state index in [1.54, 1.807) is 48.2 Å². The van der Waals surface area contributed by atoms with Crippen molar-refractivity contribution in [1.29, 1.82) is 0 Å². The molecular weight excluding hydrogens is 552 g/mol. The van der Waals surface area contributed by atoms with Gasteiger partial charge in [-0.1, -0.05) is 45.5 Å². The van der Waals surface area contributed by atoms with Crippen molar-refractivity contribution in [3.8, 4) is 5.75 Å². The maximum atomic E-state index is 13.6. The lowest BCUT2D eigenvalue weighted by atomic mass is 9.44. The summed E-state index contributed by atoms with van der Waals surface area (Å²) in [5.41, 5.74) is -0.768. The minimum absolute atomic E-state index is 0.0126. The van der Waals surface area contributed by atoms with Gasteiger partial charge in [-0.25, -0.2) is 0 Å². The van der Waals surface area contributed by atoms with Gasteiger partial charge in [0.15, 0.2) is 5.82 Å². The van der Waals surface area contributed by atoms with Crippen molar-refractivity contribution >= 4 is 29.7 Å². The lowest BCUT2D eigenvalue weighted by Crippen LogP contribution is -2.63. The third-order valence-corrected chi connectivity index (χ3v) is 11.8. The lowest BCUT2D eigenvalue weighted by Gasteiger charge is -2.61. The molecule has 9 nitrogen and oxygen atoms in total. The normalized spacial score (nSPS) is 36.3. The fraction of sp³-hybridized carbons (Fsp3) is 0.594. The Morgan fingerprint density at radius 3 is 2.64 bits per heavy atom. The first-order chi connectivity index (χ1) is 19.9. The second kappa shape index (κ2) is 11.3. The number of hydrogen-bond acceptors (Lipinski definition) is 9. The summed E-state index contributed by atoms with van der Waals surface area (Å²) in [6, 6.07) is 6.64. The van der Waals surface area contributed by atoms with Gasteiger partial charge in [0.25, 0.3) is 0 Å². The second-order valence-electron chi connectivity index (χ2n) is 13.0. The van der Waals surface area contributed by atoms with Crippen molar-refractivity contribution in [2.75, 3.05) is 5.75 Å². The Bertz CT molecular complexity index is 1390. The van der Waals surface area contributed by atoms with Gasteiger partial charge in [0, 0.05) is 23.2 Å². The highest BCUT2D eigenvalue weighted by atomic mass is 32.2. The van der Waals surface area contributed by atoms with E-state index in [4.69, 9.17) is 4.74 Å². The Hall–Kier alpha value is -2.98. The van der Waals surface area contributed by atoms with Crippen LogP contribution in [0.1, 0.15) is 71.2 Å². The van der Waals surface area contributed by atoms with Gasteiger partial charge in [-0.05, 0) is 79.7 Å². The zero-order chi connectivity index (χ0) is 30.4. The molecule has 0 saturated heterocycles. The number of benzene rings is 1. The number of hydrogen-bond donors (Lipinski definition) is 2. The zero-order valence-electron chi connectivity index (χ0n) is 25.1. The Labute approximate surface area is 251 Å². The lowest BCUT2D eigenvalue weighted by molar-refractivity contribution is -0.205. The first kappa shape index (κ1) is 30.5. The number of aliphatic hydroxyl groups is 1. The topological polar surface area (TPSA) is 127 Å². The number of ether oxygens (including phenoxy) is 1. The monoisotopic (exact) mass is 594 g/mol. The van der Waals surface area contributed by atoms with Gasteiger partial charge >= 0.3 is 5.97 Å². The third kappa shape index (κ3) is 5.00. The molecule has 226 valence electrons. The number of aryl methyl sites for hydroxylation is 1. The van der Waals surface area contributed by atoms with Gasteiger partial charge in [0.2, 0.25) is 5.16 Å². The molecule has 0 amide bonds. The maximum absolute atomic E-state index is 13.6. The molecule has 2 aromatic rings. The summed E-state index contributed by atoms with van der Waals surface area (Å²) >= 11 is 1.18. The average molecular weight is 595 g/mol. The molecule has 8 atom stereocenters. The molecule has 2 N–H and O–H groups in total. The van der Waals surface area contributed by atoms with E-state index < -0.39 is 29.0 Å².